The Kier molecular flexibility index (Phi) is 7.22. The van der Waals surface area contributed by atoms with Gasteiger partial charge in [0, 0.05) is 11.6 Å². The Morgan fingerprint density at radius 2 is 2.19 bits per heavy atom. The van der Waals surface area contributed by atoms with E-state index in [4.69, 9.17) is 9.79 Å². The third kappa shape index (κ3) is 5.19. The fourth-order valence-electron chi connectivity index (χ4n) is 1.38. The summed E-state index contributed by atoms with van der Waals surface area (Å²) in [7, 11) is -1.81. The molecule has 16 heavy (non-hydrogen) atoms. The van der Waals surface area contributed by atoms with Crippen LogP contribution in [0.15, 0.2) is 24.5 Å². The lowest BCUT2D eigenvalue weighted by atomic mass is 10.2. The topological polar surface area (TPSA) is 61.4 Å². The van der Waals surface area contributed by atoms with Crippen molar-refractivity contribution in [3.8, 4) is 0 Å². The second-order valence-electron chi connectivity index (χ2n) is 3.48. The molecule has 0 aliphatic heterocycles. The van der Waals surface area contributed by atoms with Crippen LogP contribution in [-0.4, -0.2) is 21.9 Å². The first-order valence-electron chi connectivity index (χ1n) is 4.60. The van der Waals surface area contributed by atoms with Crippen LogP contribution in [0.2, 0.25) is 0 Å². The van der Waals surface area contributed by atoms with Crippen molar-refractivity contribution in [1.82, 2.24) is 0 Å². The normalized spacial score (nSPS) is 13.8. The van der Waals surface area contributed by atoms with Crippen LogP contribution >= 0.6 is 16.2 Å². The smallest absolute Gasteiger partial charge is 0.332 e. The molecule has 0 amide bonds. The number of rotatable bonds is 4. The van der Waals surface area contributed by atoms with Crippen LogP contribution in [0.3, 0.4) is 0 Å². The summed E-state index contributed by atoms with van der Waals surface area (Å²) in [6, 6.07) is 3.77. The van der Waals surface area contributed by atoms with Gasteiger partial charge in [0.2, 0.25) is 0 Å². The first-order valence-corrected chi connectivity index (χ1v) is 7.86. The molecule has 0 bridgehead atoms. The summed E-state index contributed by atoms with van der Waals surface area (Å²) in [6.45, 7) is 1.83. The first kappa shape index (κ1) is 16.5. The summed E-state index contributed by atoms with van der Waals surface area (Å²) in [5.41, 5.74) is 0.961. The molecule has 0 radical (unpaired) electrons. The summed E-state index contributed by atoms with van der Waals surface area (Å²) in [5, 5.41) is -0.542. The number of halogens is 1. The highest BCUT2D eigenvalue weighted by Gasteiger charge is 2.27. The molecule has 2 unspecified atom stereocenters. The van der Waals surface area contributed by atoms with E-state index in [9.17, 15) is 4.57 Å². The Morgan fingerprint density at radius 1 is 1.56 bits per heavy atom. The molecule has 0 saturated carbocycles. The SMILES string of the molecule is CPC(Cc1ccc[n+](C)c1)P(=O)(O)O.[I-]. The lowest BCUT2D eigenvalue weighted by Crippen LogP contribution is -3.00. The molecule has 0 spiro atoms. The molecule has 0 aliphatic rings. The van der Waals surface area contributed by atoms with E-state index in [0.717, 1.165) is 5.56 Å². The van der Waals surface area contributed by atoms with Crippen LogP contribution in [-0.2, 0) is 18.0 Å². The highest BCUT2D eigenvalue weighted by Crippen LogP contribution is 2.50. The molecular weight excluding hydrogens is 359 g/mol. The monoisotopic (exact) mass is 375 g/mol. The molecule has 2 atom stereocenters. The van der Waals surface area contributed by atoms with Crippen molar-refractivity contribution >= 4 is 16.2 Å². The molecule has 1 heterocycles. The second-order valence-corrected chi connectivity index (χ2v) is 7.04. The zero-order chi connectivity index (χ0) is 11.5. The molecule has 92 valence electrons. The highest BCUT2D eigenvalue weighted by molar-refractivity contribution is 7.65. The lowest BCUT2D eigenvalue weighted by Gasteiger charge is -2.15. The number of aryl methyl sites for hydroxylation is 1. The van der Waals surface area contributed by atoms with E-state index in [1.807, 2.05) is 42.8 Å². The number of pyridine rings is 1. The molecule has 1 aromatic rings. The van der Waals surface area contributed by atoms with Crippen molar-refractivity contribution < 1.29 is 42.9 Å². The van der Waals surface area contributed by atoms with Gasteiger partial charge in [-0.1, -0.05) is 0 Å². The van der Waals surface area contributed by atoms with Crippen LogP contribution in [0, 0.1) is 0 Å². The fourth-order valence-corrected chi connectivity index (χ4v) is 3.62. The molecule has 0 saturated heterocycles. The van der Waals surface area contributed by atoms with Gasteiger partial charge < -0.3 is 33.8 Å². The van der Waals surface area contributed by atoms with E-state index in [0.29, 0.717) is 6.42 Å². The standard InChI is InChI=1S/C9H15NO3P2.HI/c1-10-5-3-4-8(7-10)6-9(14-2)15(11,12)13;/h3-5,7,9,14H,6H2,1-2H3,(H-,11,12,13);1H. The van der Waals surface area contributed by atoms with Gasteiger partial charge in [-0.25, -0.2) is 4.57 Å². The van der Waals surface area contributed by atoms with E-state index >= 15 is 0 Å². The van der Waals surface area contributed by atoms with Gasteiger partial charge in [-0.3, -0.25) is 4.57 Å². The predicted octanol–water partition coefficient (Wildman–Crippen LogP) is -2.13. The summed E-state index contributed by atoms with van der Waals surface area (Å²) in [5.74, 6) is 0. The number of aromatic nitrogens is 1. The molecule has 2 N–H and O–H groups in total. The van der Waals surface area contributed by atoms with Crippen molar-refractivity contribution in [2.75, 3.05) is 6.66 Å². The summed E-state index contributed by atoms with van der Waals surface area (Å²) >= 11 is 0. The maximum absolute atomic E-state index is 11.1. The van der Waals surface area contributed by atoms with Crippen molar-refractivity contribution in [1.29, 1.82) is 0 Å². The Hall–Kier alpha value is 0.460. The number of hydrogen-bond acceptors (Lipinski definition) is 1. The number of nitrogens with zero attached hydrogens (tertiary/aromatic N) is 1. The van der Waals surface area contributed by atoms with Gasteiger partial charge in [0.25, 0.3) is 0 Å². The Morgan fingerprint density at radius 3 is 2.62 bits per heavy atom. The maximum atomic E-state index is 11.1. The molecule has 7 heteroatoms. The van der Waals surface area contributed by atoms with Gasteiger partial charge in [-0.15, -0.1) is 8.58 Å². The van der Waals surface area contributed by atoms with Crippen molar-refractivity contribution in [2.45, 2.75) is 11.8 Å². The minimum atomic E-state index is -3.95. The highest BCUT2D eigenvalue weighted by atomic mass is 127. The zero-order valence-corrected chi connectivity index (χ0v) is 13.2. The van der Waals surface area contributed by atoms with Gasteiger partial charge in [-0.2, -0.15) is 0 Å². The van der Waals surface area contributed by atoms with E-state index in [-0.39, 0.29) is 32.6 Å². The van der Waals surface area contributed by atoms with Gasteiger partial charge >= 0.3 is 7.60 Å². The molecular formula is C9H16INO3P2. The van der Waals surface area contributed by atoms with E-state index in [2.05, 4.69) is 0 Å². The molecule has 0 aromatic carbocycles. The van der Waals surface area contributed by atoms with Crippen molar-refractivity contribution in [3.05, 3.63) is 30.1 Å². The summed E-state index contributed by atoms with van der Waals surface area (Å²) in [6.07, 6.45) is 4.22. The zero-order valence-electron chi connectivity index (χ0n) is 9.17. The lowest BCUT2D eigenvalue weighted by molar-refractivity contribution is -0.671. The average Bonchev–Trinajstić information content (AvgIpc) is 2.12. The van der Waals surface area contributed by atoms with Gasteiger partial charge in [0.05, 0.1) is 5.40 Å². The molecule has 4 nitrogen and oxygen atoms in total. The quantitative estimate of drug-likeness (QED) is 0.359. The largest absolute Gasteiger partial charge is 1.00 e. The minimum absolute atomic E-state index is 0. The third-order valence-electron chi connectivity index (χ3n) is 2.17. The van der Waals surface area contributed by atoms with Crippen LogP contribution in [0.1, 0.15) is 5.56 Å². The molecule has 0 fully saturated rings. The van der Waals surface area contributed by atoms with Crippen LogP contribution < -0.4 is 28.5 Å². The van der Waals surface area contributed by atoms with E-state index in [1.54, 1.807) is 0 Å². The fraction of sp³-hybridized carbons (Fsp3) is 0.444. The molecule has 1 rings (SSSR count). The second kappa shape index (κ2) is 7.02. The van der Waals surface area contributed by atoms with Crippen LogP contribution in [0.5, 0.6) is 0 Å². The van der Waals surface area contributed by atoms with Gasteiger partial charge in [0.1, 0.15) is 7.05 Å². The van der Waals surface area contributed by atoms with Crippen molar-refractivity contribution in [2.24, 2.45) is 7.05 Å². The summed E-state index contributed by atoms with van der Waals surface area (Å²) < 4.78 is 13.0. The first-order chi connectivity index (χ1) is 6.93. The Bertz CT molecular complexity index is 383. The van der Waals surface area contributed by atoms with Crippen LogP contribution in [0.25, 0.3) is 0 Å². The van der Waals surface area contributed by atoms with Gasteiger partial charge in [0.15, 0.2) is 12.4 Å². The molecule has 0 aliphatic carbocycles. The average molecular weight is 375 g/mol. The third-order valence-corrected chi connectivity index (χ3v) is 5.82. The molecule has 1 aromatic heterocycles. The Labute approximate surface area is 114 Å². The van der Waals surface area contributed by atoms with E-state index in [1.165, 1.54) is 0 Å². The predicted molar refractivity (Wildman–Crippen MR) is 61.4 cm³/mol. The summed E-state index contributed by atoms with van der Waals surface area (Å²) in [4.78, 5) is 18.2. The van der Waals surface area contributed by atoms with Gasteiger partial charge in [-0.05, 0) is 19.2 Å². The van der Waals surface area contributed by atoms with Crippen molar-refractivity contribution in [3.63, 3.8) is 0 Å². The number of hydrogen-bond donors (Lipinski definition) is 2. The van der Waals surface area contributed by atoms with Crippen LogP contribution in [0.4, 0.5) is 0 Å². The van der Waals surface area contributed by atoms with E-state index < -0.39 is 13.0 Å². The maximum Gasteiger partial charge on any atom is 0.332 e. The minimum Gasteiger partial charge on any atom is -1.00 e. The Balaban J connectivity index is 0.00000225.